The van der Waals surface area contributed by atoms with Gasteiger partial charge in [0.1, 0.15) is 17.5 Å². The number of anilines is 2. The normalized spacial score (nSPS) is 10.2. The van der Waals surface area contributed by atoms with Crippen molar-refractivity contribution < 1.29 is 9.59 Å². The molecule has 30 heavy (non-hydrogen) atoms. The minimum Gasteiger partial charge on any atom is -0.320 e. The zero-order valence-corrected chi connectivity index (χ0v) is 16.9. The maximum Gasteiger partial charge on any atom is 0.274 e. The number of pyridine rings is 1. The number of aromatic nitrogens is 1. The van der Waals surface area contributed by atoms with Gasteiger partial charge in [-0.1, -0.05) is 50.2 Å². The molecule has 2 amide bonds. The molecule has 0 aliphatic heterocycles. The van der Waals surface area contributed by atoms with Crippen LogP contribution in [0.4, 0.5) is 11.4 Å². The molecule has 2 N–H and O–H groups in total. The Morgan fingerprint density at radius 2 is 1.40 bits per heavy atom. The monoisotopic (exact) mass is 398 g/mol. The first-order valence-corrected chi connectivity index (χ1v) is 9.77. The van der Waals surface area contributed by atoms with Gasteiger partial charge >= 0.3 is 0 Å². The van der Waals surface area contributed by atoms with Gasteiger partial charge in [-0.3, -0.25) is 9.59 Å². The van der Waals surface area contributed by atoms with Gasteiger partial charge in [-0.25, -0.2) is 4.98 Å². The molecule has 0 aliphatic rings. The highest BCUT2D eigenvalue weighted by molar-refractivity contribution is 6.06. The van der Waals surface area contributed by atoms with Crippen molar-refractivity contribution >= 4 is 23.2 Å². The Labute approximate surface area is 175 Å². The van der Waals surface area contributed by atoms with Gasteiger partial charge in [-0.15, -0.1) is 0 Å². The Morgan fingerprint density at radius 1 is 0.833 bits per heavy atom. The predicted octanol–water partition coefficient (Wildman–Crippen LogP) is 4.58. The number of nitriles is 1. The summed E-state index contributed by atoms with van der Waals surface area (Å²) in [4.78, 5) is 29.7. The number of benzene rings is 2. The van der Waals surface area contributed by atoms with Crippen LogP contribution in [0.3, 0.4) is 0 Å². The average molecular weight is 398 g/mol. The fraction of sp³-hybridized carbons (Fsp3) is 0.167. The number of rotatable bonds is 6. The molecular formula is C24H22N4O2. The maximum atomic E-state index is 12.8. The number of amides is 2. The predicted molar refractivity (Wildman–Crippen MR) is 116 cm³/mol. The van der Waals surface area contributed by atoms with E-state index in [9.17, 15) is 14.9 Å². The lowest BCUT2D eigenvalue weighted by atomic mass is 10.0. The van der Waals surface area contributed by atoms with Gasteiger partial charge < -0.3 is 10.6 Å². The topological polar surface area (TPSA) is 94.9 Å². The second-order valence-corrected chi connectivity index (χ2v) is 6.63. The van der Waals surface area contributed by atoms with Gasteiger partial charge in [0.2, 0.25) is 0 Å². The van der Waals surface area contributed by atoms with Crippen LogP contribution in [0.25, 0.3) is 0 Å². The van der Waals surface area contributed by atoms with E-state index in [1.54, 1.807) is 36.4 Å². The smallest absolute Gasteiger partial charge is 0.274 e. The lowest BCUT2D eigenvalue weighted by Crippen LogP contribution is -2.20. The van der Waals surface area contributed by atoms with Crippen LogP contribution in [0.15, 0.2) is 60.7 Å². The van der Waals surface area contributed by atoms with Crippen molar-refractivity contribution in [1.82, 2.24) is 4.98 Å². The molecule has 6 nitrogen and oxygen atoms in total. The van der Waals surface area contributed by atoms with E-state index in [0.29, 0.717) is 11.3 Å². The minimum absolute atomic E-state index is 0.0925. The van der Waals surface area contributed by atoms with Gasteiger partial charge in [0.15, 0.2) is 0 Å². The quantitative estimate of drug-likeness (QED) is 0.635. The number of carbonyl (C=O) groups is 2. The molecule has 1 aromatic heterocycles. The number of hydrogen-bond acceptors (Lipinski definition) is 4. The SMILES string of the molecule is CCc1cccc(CC)c1NC(=O)c1cccc(C(=O)Nc2ccccc2C#N)n1. The standard InChI is InChI=1S/C24H22N4O2/c1-3-16-10-7-11-17(4-2)22(16)28-24(30)21-14-8-13-20(26-21)23(29)27-19-12-6-5-9-18(19)15-25/h5-14H,3-4H2,1-2H3,(H,27,29)(H,28,30). The summed E-state index contributed by atoms with van der Waals surface area (Å²) in [7, 11) is 0. The van der Waals surface area contributed by atoms with Crippen molar-refractivity contribution in [2.24, 2.45) is 0 Å². The molecule has 0 unspecified atom stereocenters. The summed E-state index contributed by atoms with van der Waals surface area (Å²) in [5, 5.41) is 14.8. The van der Waals surface area contributed by atoms with Gasteiger partial charge in [-0.2, -0.15) is 5.26 Å². The largest absolute Gasteiger partial charge is 0.320 e. The zero-order valence-electron chi connectivity index (χ0n) is 16.9. The van der Waals surface area contributed by atoms with Crippen molar-refractivity contribution in [3.63, 3.8) is 0 Å². The second-order valence-electron chi connectivity index (χ2n) is 6.63. The fourth-order valence-electron chi connectivity index (χ4n) is 3.14. The highest BCUT2D eigenvalue weighted by Gasteiger charge is 2.16. The molecule has 0 atom stereocenters. The summed E-state index contributed by atoms with van der Waals surface area (Å²) < 4.78 is 0. The highest BCUT2D eigenvalue weighted by atomic mass is 16.2. The van der Waals surface area contributed by atoms with Crippen LogP contribution < -0.4 is 10.6 Å². The third kappa shape index (κ3) is 4.53. The molecule has 0 radical (unpaired) electrons. The summed E-state index contributed by atoms with van der Waals surface area (Å²) in [5.41, 5.74) is 3.87. The summed E-state index contributed by atoms with van der Waals surface area (Å²) >= 11 is 0. The van der Waals surface area contributed by atoms with Crippen LogP contribution in [-0.2, 0) is 12.8 Å². The summed E-state index contributed by atoms with van der Waals surface area (Å²) in [6, 6.07) is 19.4. The van der Waals surface area contributed by atoms with Gasteiger partial charge in [-0.05, 0) is 48.2 Å². The molecular weight excluding hydrogens is 376 g/mol. The molecule has 3 aromatic rings. The summed E-state index contributed by atoms with van der Waals surface area (Å²) in [6.45, 7) is 4.07. The number of aryl methyl sites for hydroxylation is 2. The number of carbonyl (C=O) groups excluding carboxylic acids is 2. The molecule has 0 saturated heterocycles. The fourth-order valence-corrected chi connectivity index (χ4v) is 3.14. The molecule has 0 bridgehead atoms. The minimum atomic E-state index is -0.490. The molecule has 6 heteroatoms. The Bertz CT molecular complexity index is 1110. The van der Waals surface area contributed by atoms with Crippen molar-refractivity contribution in [2.75, 3.05) is 10.6 Å². The average Bonchev–Trinajstić information content (AvgIpc) is 2.79. The molecule has 0 aliphatic carbocycles. The maximum absolute atomic E-state index is 12.8. The van der Waals surface area contributed by atoms with Crippen LogP contribution >= 0.6 is 0 Å². The Kier molecular flexibility index (Phi) is 6.56. The van der Waals surface area contributed by atoms with E-state index in [0.717, 1.165) is 29.7 Å². The van der Waals surface area contributed by atoms with Crippen LogP contribution in [0, 0.1) is 11.3 Å². The molecule has 1 heterocycles. The molecule has 0 fully saturated rings. The molecule has 150 valence electrons. The van der Waals surface area contributed by atoms with Crippen LogP contribution in [0.2, 0.25) is 0 Å². The third-order valence-corrected chi connectivity index (χ3v) is 4.75. The van der Waals surface area contributed by atoms with E-state index in [1.165, 1.54) is 6.07 Å². The van der Waals surface area contributed by atoms with Gasteiger partial charge in [0, 0.05) is 5.69 Å². The van der Waals surface area contributed by atoms with E-state index in [2.05, 4.69) is 15.6 Å². The third-order valence-electron chi connectivity index (χ3n) is 4.75. The van der Waals surface area contributed by atoms with Gasteiger partial charge in [0.05, 0.1) is 11.3 Å². The molecule has 0 saturated carbocycles. The van der Waals surface area contributed by atoms with Crippen molar-refractivity contribution in [1.29, 1.82) is 5.26 Å². The lowest BCUT2D eigenvalue weighted by molar-refractivity contribution is 0.101. The van der Waals surface area contributed by atoms with Crippen LogP contribution in [0.5, 0.6) is 0 Å². The van der Waals surface area contributed by atoms with Gasteiger partial charge in [0.25, 0.3) is 11.8 Å². The molecule has 2 aromatic carbocycles. The summed E-state index contributed by atoms with van der Waals surface area (Å²) in [5.74, 6) is -0.867. The van der Waals surface area contributed by atoms with E-state index in [4.69, 9.17) is 0 Å². The van der Waals surface area contributed by atoms with E-state index in [-0.39, 0.29) is 17.3 Å². The Morgan fingerprint density at radius 3 is 2.00 bits per heavy atom. The highest BCUT2D eigenvalue weighted by Crippen LogP contribution is 2.23. The first kappa shape index (κ1) is 20.7. The number of hydrogen-bond donors (Lipinski definition) is 2. The first-order chi connectivity index (χ1) is 14.6. The van der Waals surface area contributed by atoms with Crippen molar-refractivity contribution in [3.05, 3.63) is 88.7 Å². The number of nitrogens with zero attached hydrogens (tertiary/aromatic N) is 2. The van der Waals surface area contributed by atoms with Crippen molar-refractivity contribution in [2.45, 2.75) is 26.7 Å². The number of para-hydroxylation sites is 2. The van der Waals surface area contributed by atoms with Crippen LogP contribution in [-0.4, -0.2) is 16.8 Å². The Balaban J connectivity index is 1.83. The van der Waals surface area contributed by atoms with Crippen LogP contribution in [0.1, 0.15) is 51.5 Å². The molecule has 0 spiro atoms. The zero-order chi connectivity index (χ0) is 21.5. The second kappa shape index (κ2) is 9.48. The van der Waals surface area contributed by atoms with E-state index >= 15 is 0 Å². The first-order valence-electron chi connectivity index (χ1n) is 9.77. The Hall–Kier alpha value is -3.98. The molecule has 3 rings (SSSR count). The van der Waals surface area contributed by atoms with E-state index in [1.807, 2.05) is 38.1 Å². The van der Waals surface area contributed by atoms with E-state index < -0.39 is 5.91 Å². The van der Waals surface area contributed by atoms with Crippen molar-refractivity contribution in [3.8, 4) is 6.07 Å². The number of nitrogens with one attached hydrogen (secondary N) is 2. The summed E-state index contributed by atoms with van der Waals surface area (Å²) in [6.07, 6.45) is 1.58. The lowest BCUT2D eigenvalue weighted by Gasteiger charge is -2.14.